The van der Waals surface area contributed by atoms with Crippen LogP contribution in [0.5, 0.6) is 0 Å². The van der Waals surface area contributed by atoms with E-state index < -0.39 is 23.5 Å². The van der Waals surface area contributed by atoms with E-state index in [9.17, 15) is 19.8 Å². The number of aliphatic hydroxyl groups excluding tert-OH is 2. The number of carbonyl (C=O) groups is 2. The molecule has 0 unspecified atom stereocenters. The summed E-state index contributed by atoms with van der Waals surface area (Å²) in [4.78, 5) is 22.1. The predicted octanol–water partition coefficient (Wildman–Crippen LogP) is 1.78. The molecule has 0 spiro atoms. The lowest BCUT2D eigenvalue weighted by Crippen LogP contribution is -2.06. The Hall–Kier alpha value is -1.98. The van der Waals surface area contributed by atoms with Gasteiger partial charge in [0.05, 0.1) is 25.4 Å². The number of rotatable bonds is 7. The van der Waals surface area contributed by atoms with Crippen LogP contribution in [0.1, 0.15) is 26.7 Å². The van der Waals surface area contributed by atoms with Gasteiger partial charge in [-0.25, -0.2) is 9.59 Å². The molecule has 0 aliphatic carbocycles. The van der Waals surface area contributed by atoms with Crippen LogP contribution >= 0.6 is 0 Å². The molecule has 0 heterocycles. The zero-order chi connectivity index (χ0) is 14.0. The minimum atomic E-state index is -0.795. The second-order valence-electron chi connectivity index (χ2n) is 3.39. The molecular weight excluding hydrogens is 240 g/mol. The molecule has 0 saturated heterocycles. The van der Waals surface area contributed by atoms with Crippen molar-refractivity contribution >= 4 is 11.9 Å². The molecule has 0 saturated carbocycles. The largest absolute Gasteiger partial charge is 0.504 e. The topological polar surface area (TPSA) is 93.1 Å². The van der Waals surface area contributed by atoms with E-state index in [1.165, 1.54) is 0 Å². The second-order valence-corrected chi connectivity index (χ2v) is 3.39. The molecule has 0 aliphatic rings. The van der Waals surface area contributed by atoms with Crippen molar-refractivity contribution in [3.05, 3.63) is 23.7 Å². The molecule has 0 amide bonds. The summed E-state index contributed by atoms with van der Waals surface area (Å²) in [7, 11) is 0. The molecular formula is C12H18O6. The van der Waals surface area contributed by atoms with Gasteiger partial charge in [-0.2, -0.15) is 0 Å². The van der Waals surface area contributed by atoms with Gasteiger partial charge in [0, 0.05) is 0 Å². The van der Waals surface area contributed by atoms with Crippen molar-refractivity contribution in [2.24, 2.45) is 0 Å². The monoisotopic (exact) mass is 258 g/mol. The summed E-state index contributed by atoms with van der Waals surface area (Å²) in [6.07, 6.45) is 2.67. The normalized spacial score (nSPS) is 12.1. The highest BCUT2D eigenvalue weighted by atomic mass is 16.5. The average molecular weight is 258 g/mol. The van der Waals surface area contributed by atoms with Gasteiger partial charge >= 0.3 is 11.9 Å². The molecule has 0 radical (unpaired) electrons. The van der Waals surface area contributed by atoms with Crippen LogP contribution in [0.4, 0.5) is 0 Å². The molecule has 6 heteroatoms. The van der Waals surface area contributed by atoms with Crippen molar-refractivity contribution < 1.29 is 29.3 Å². The van der Waals surface area contributed by atoms with Gasteiger partial charge in [0.25, 0.3) is 0 Å². The van der Waals surface area contributed by atoms with Gasteiger partial charge in [-0.05, 0) is 12.8 Å². The van der Waals surface area contributed by atoms with Crippen molar-refractivity contribution in [3.63, 3.8) is 0 Å². The third-order valence-corrected chi connectivity index (χ3v) is 1.67. The van der Waals surface area contributed by atoms with E-state index in [-0.39, 0.29) is 13.2 Å². The third-order valence-electron chi connectivity index (χ3n) is 1.67. The maximum atomic E-state index is 11.1. The SMILES string of the molecule is CCCOC(=O)C=C(O)C(O)=CC(=O)OCCC. The standard InChI is InChI=1S/C12H18O6/c1-3-5-17-11(15)7-9(13)10(14)8-12(16)18-6-4-2/h7-8,13-14H,3-6H2,1-2H3. The first-order valence-corrected chi connectivity index (χ1v) is 5.66. The Morgan fingerprint density at radius 3 is 1.50 bits per heavy atom. The molecule has 0 fully saturated rings. The zero-order valence-electron chi connectivity index (χ0n) is 10.5. The summed E-state index contributed by atoms with van der Waals surface area (Å²) in [5.74, 6) is -3.08. The average Bonchev–Trinajstić information content (AvgIpc) is 2.33. The fourth-order valence-electron chi connectivity index (χ4n) is 0.860. The highest BCUT2D eigenvalue weighted by Crippen LogP contribution is 2.03. The second kappa shape index (κ2) is 9.09. The van der Waals surface area contributed by atoms with Crippen molar-refractivity contribution in [2.45, 2.75) is 26.7 Å². The van der Waals surface area contributed by atoms with E-state index >= 15 is 0 Å². The van der Waals surface area contributed by atoms with Crippen molar-refractivity contribution in [1.82, 2.24) is 0 Å². The summed E-state index contributed by atoms with van der Waals surface area (Å²) in [6.45, 7) is 4.06. The van der Waals surface area contributed by atoms with Gasteiger partial charge in [0.1, 0.15) is 0 Å². The molecule has 18 heavy (non-hydrogen) atoms. The molecule has 0 rings (SSSR count). The molecule has 0 bridgehead atoms. The van der Waals surface area contributed by atoms with E-state index in [0.717, 1.165) is 0 Å². The number of hydrogen-bond acceptors (Lipinski definition) is 6. The zero-order valence-corrected chi connectivity index (χ0v) is 10.5. The number of aliphatic hydroxyl groups is 2. The number of ether oxygens (including phenoxy) is 2. The summed E-state index contributed by atoms with van der Waals surface area (Å²) in [5.41, 5.74) is 0. The summed E-state index contributed by atoms with van der Waals surface area (Å²) in [5, 5.41) is 18.6. The minimum Gasteiger partial charge on any atom is -0.504 e. The molecule has 0 aromatic rings. The molecule has 6 nitrogen and oxygen atoms in total. The summed E-state index contributed by atoms with van der Waals surface area (Å²) in [6, 6.07) is 0. The maximum absolute atomic E-state index is 11.1. The smallest absolute Gasteiger partial charge is 0.334 e. The molecule has 2 N–H and O–H groups in total. The maximum Gasteiger partial charge on any atom is 0.334 e. The van der Waals surface area contributed by atoms with E-state index in [1.54, 1.807) is 0 Å². The molecule has 0 aromatic heterocycles. The minimum absolute atomic E-state index is 0.214. The lowest BCUT2D eigenvalue weighted by atomic mass is 10.3. The van der Waals surface area contributed by atoms with E-state index in [2.05, 4.69) is 9.47 Å². The highest BCUT2D eigenvalue weighted by Gasteiger charge is 2.08. The third kappa shape index (κ3) is 7.32. The van der Waals surface area contributed by atoms with Crippen molar-refractivity contribution in [3.8, 4) is 0 Å². The number of carbonyl (C=O) groups excluding carboxylic acids is 2. The molecule has 0 aromatic carbocycles. The highest BCUT2D eigenvalue weighted by molar-refractivity contribution is 5.85. The van der Waals surface area contributed by atoms with Gasteiger partial charge in [-0.15, -0.1) is 0 Å². The number of esters is 2. The fraction of sp³-hybridized carbons (Fsp3) is 0.500. The Kier molecular flexibility index (Phi) is 8.09. The summed E-state index contributed by atoms with van der Waals surface area (Å²) < 4.78 is 9.30. The Bertz CT molecular complexity index is 308. The van der Waals surface area contributed by atoms with Crippen LogP contribution in [-0.4, -0.2) is 35.4 Å². The lowest BCUT2D eigenvalue weighted by molar-refractivity contribution is -0.139. The molecule has 102 valence electrons. The van der Waals surface area contributed by atoms with Crippen LogP contribution in [0.15, 0.2) is 23.7 Å². The van der Waals surface area contributed by atoms with Crippen LogP contribution in [-0.2, 0) is 19.1 Å². The van der Waals surface area contributed by atoms with Crippen LogP contribution in [0.25, 0.3) is 0 Å². The predicted molar refractivity (Wildman–Crippen MR) is 63.9 cm³/mol. The van der Waals surface area contributed by atoms with Crippen LogP contribution < -0.4 is 0 Å². The first-order valence-electron chi connectivity index (χ1n) is 5.66. The van der Waals surface area contributed by atoms with Crippen LogP contribution in [0.3, 0.4) is 0 Å². The van der Waals surface area contributed by atoms with Crippen molar-refractivity contribution in [2.75, 3.05) is 13.2 Å². The Morgan fingerprint density at radius 1 is 0.889 bits per heavy atom. The van der Waals surface area contributed by atoms with E-state index in [1.807, 2.05) is 13.8 Å². The van der Waals surface area contributed by atoms with Crippen LogP contribution in [0, 0.1) is 0 Å². The quantitative estimate of drug-likeness (QED) is 0.313. The van der Waals surface area contributed by atoms with E-state index in [4.69, 9.17) is 0 Å². The first kappa shape index (κ1) is 16.0. The Labute approximate surface area is 106 Å². The number of hydrogen-bond donors (Lipinski definition) is 2. The molecule has 0 atom stereocenters. The van der Waals surface area contributed by atoms with E-state index in [0.29, 0.717) is 25.0 Å². The first-order chi connectivity index (χ1) is 8.51. The summed E-state index contributed by atoms with van der Waals surface area (Å²) >= 11 is 0. The van der Waals surface area contributed by atoms with Gasteiger partial charge < -0.3 is 19.7 Å². The Balaban J connectivity index is 4.42. The lowest BCUT2D eigenvalue weighted by Gasteiger charge is -2.01. The van der Waals surface area contributed by atoms with Crippen LogP contribution in [0.2, 0.25) is 0 Å². The van der Waals surface area contributed by atoms with Crippen molar-refractivity contribution in [1.29, 1.82) is 0 Å². The van der Waals surface area contributed by atoms with Gasteiger partial charge in [-0.1, -0.05) is 13.8 Å². The molecule has 0 aliphatic heterocycles. The fourth-order valence-corrected chi connectivity index (χ4v) is 0.860. The van der Waals surface area contributed by atoms with Gasteiger partial charge in [-0.3, -0.25) is 0 Å². The van der Waals surface area contributed by atoms with Gasteiger partial charge in [0.15, 0.2) is 11.5 Å². The Morgan fingerprint density at radius 2 is 1.22 bits per heavy atom. The van der Waals surface area contributed by atoms with Gasteiger partial charge in [0.2, 0.25) is 0 Å².